The largest absolute Gasteiger partial charge is 0.309 e. The fraction of sp³-hybridized carbons (Fsp3) is 0.458. The van der Waals surface area contributed by atoms with Gasteiger partial charge in [-0.2, -0.15) is 0 Å². The summed E-state index contributed by atoms with van der Waals surface area (Å²) in [6.07, 6.45) is 4.12. The molecule has 10 nitrogen and oxygen atoms in total. The summed E-state index contributed by atoms with van der Waals surface area (Å²) >= 11 is 1.52. The van der Waals surface area contributed by atoms with Crippen LogP contribution in [0.15, 0.2) is 44.9 Å². The van der Waals surface area contributed by atoms with Crippen LogP contribution in [-0.2, 0) is 17.9 Å². The molecule has 0 bridgehead atoms. The number of aromatic nitrogens is 4. The molecule has 3 aromatic heterocycles. The van der Waals surface area contributed by atoms with Crippen molar-refractivity contribution in [2.75, 3.05) is 30.7 Å². The van der Waals surface area contributed by atoms with E-state index in [-0.39, 0.29) is 23.1 Å². The highest BCUT2D eigenvalue weighted by Gasteiger charge is 2.27. The van der Waals surface area contributed by atoms with Crippen LogP contribution in [0.2, 0.25) is 0 Å². The monoisotopic (exact) mass is 493 g/mol. The third kappa shape index (κ3) is 4.39. The molecule has 0 spiro atoms. The number of hydrogen-bond donors (Lipinski definition) is 2. The third-order valence-electron chi connectivity index (χ3n) is 7.13. The number of amides is 1. The minimum absolute atomic E-state index is 0.00393. The van der Waals surface area contributed by atoms with Crippen LogP contribution in [0.25, 0.3) is 11.2 Å². The molecule has 1 amide bonds. The molecule has 0 saturated carbocycles. The van der Waals surface area contributed by atoms with Gasteiger partial charge < -0.3 is 15.5 Å². The van der Waals surface area contributed by atoms with E-state index in [1.54, 1.807) is 21.3 Å². The summed E-state index contributed by atoms with van der Waals surface area (Å²) in [7, 11) is 0. The molecule has 6 heterocycles. The van der Waals surface area contributed by atoms with Gasteiger partial charge in [0.05, 0.1) is 28.6 Å². The van der Waals surface area contributed by atoms with Crippen LogP contribution in [-0.4, -0.2) is 61.3 Å². The molecule has 6 rings (SSSR count). The number of anilines is 1. The Hall–Kier alpha value is -3.02. The Morgan fingerprint density at radius 1 is 1.03 bits per heavy atom. The Morgan fingerprint density at radius 3 is 2.74 bits per heavy atom. The van der Waals surface area contributed by atoms with Crippen molar-refractivity contribution < 1.29 is 4.79 Å². The number of nitrogens with zero attached hydrogens (tertiary/aromatic N) is 5. The number of aryl methyl sites for hydroxylation is 1. The predicted molar refractivity (Wildman–Crippen MR) is 134 cm³/mol. The highest BCUT2D eigenvalue weighted by atomic mass is 32.2. The summed E-state index contributed by atoms with van der Waals surface area (Å²) in [6.45, 7) is 3.96. The van der Waals surface area contributed by atoms with Gasteiger partial charge in [0, 0.05) is 31.7 Å². The van der Waals surface area contributed by atoms with E-state index in [9.17, 15) is 14.4 Å². The van der Waals surface area contributed by atoms with E-state index in [4.69, 9.17) is 0 Å². The van der Waals surface area contributed by atoms with E-state index >= 15 is 0 Å². The number of piperidine rings is 1. The Bertz CT molecular complexity index is 1410. The summed E-state index contributed by atoms with van der Waals surface area (Å²) in [5.41, 5.74) is 2.02. The lowest BCUT2D eigenvalue weighted by atomic mass is 10.0. The number of carbonyl (C=O) groups is 1. The van der Waals surface area contributed by atoms with Crippen LogP contribution < -0.4 is 21.8 Å². The number of thioether (sulfide) groups is 1. The van der Waals surface area contributed by atoms with Gasteiger partial charge in [-0.25, -0.2) is 9.97 Å². The number of nitrogens with one attached hydrogen (secondary N) is 2. The summed E-state index contributed by atoms with van der Waals surface area (Å²) in [5, 5.41) is 6.47. The molecule has 1 fully saturated rings. The van der Waals surface area contributed by atoms with E-state index in [1.807, 2.05) is 12.1 Å². The summed E-state index contributed by atoms with van der Waals surface area (Å²) < 4.78 is 3.45. The van der Waals surface area contributed by atoms with E-state index in [2.05, 4.69) is 25.5 Å². The summed E-state index contributed by atoms with van der Waals surface area (Å²) in [4.78, 5) is 49.0. The van der Waals surface area contributed by atoms with Crippen molar-refractivity contribution in [2.24, 2.45) is 0 Å². The van der Waals surface area contributed by atoms with Gasteiger partial charge in [-0.05, 0) is 50.6 Å². The molecule has 1 saturated heterocycles. The van der Waals surface area contributed by atoms with Crippen molar-refractivity contribution >= 4 is 34.7 Å². The molecule has 0 aliphatic carbocycles. The zero-order valence-electron chi connectivity index (χ0n) is 19.3. The van der Waals surface area contributed by atoms with Gasteiger partial charge in [0.15, 0.2) is 0 Å². The fourth-order valence-electron chi connectivity index (χ4n) is 5.32. The zero-order valence-corrected chi connectivity index (χ0v) is 20.1. The number of likely N-dealkylation sites (tertiary alicyclic amines) is 1. The number of carbonyl (C=O) groups excluding carboxylic acids is 1. The molecule has 3 aliphatic rings. The molecule has 0 radical (unpaired) electrons. The van der Waals surface area contributed by atoms with Gasteiger partial charge in [-0.15, -0.1) is 11.8 Å². The number of rotatable bonds is 5. The molecular weight excluding hydrogens is 466 g/mol. The molecule has 11 heteroatoms. The molecular formula is C24H27N7O3S. The Labute approximate surface area is 205 Å². The number of hydrogen-bond acceptors (Lipinski definition) is 8. The lowest BCUT2D eigenvalue weighted by Gasteiger charge is -2.36. The summed E-state index contributed by atoms with van der Waals surface area (Å²) in [5.74, 6) is 1.10. The van der Waals surface area contributed by atoms with Crippen LogP contribution in [0, 0.1) is 0 Å². The van der Waals surface area contributed by atoms with Gasteiger partial charge in [0.1, 0.15) is 17.0 Å². The van der Waals surface area contributed by atoms with Gasteiger partial charge in [0.2, 0.25) is 5.91 Å². The minimum atomic E-state index is -0.156. The van der Waals surface area contributed by atoms with Gasteiger partial charge >= 0.3 is 0 Å². The number of pyridine rings is 2. The standard InChI is InChI=1S/C24H27N7O3S/c32-20-14-35-19-3-1-16(27-23(19)28-20)11-25-15-5-8-29(9-6-15)13-17-7-10-30-22(34)12-26-18-2-4-21(33)31(17)24(18)30/h1-4,12,15,17,25H,5-11,13-14H2,(H,27,28,32). The Morgan fingerprint density at radius 2 is 1.89 bits per heavy atom. The zero-order chi connectivity index (χ0) is 23.9. The first-order valence-corrected chi connectivity index (χ1v) is 13.0. The van der Waals surface area contributed by atoms with Crippen molar-refractivity contribution in [1.29, 1.82) is 0 Å². The molecule has 0 aromatic carbocycles. The van der Waals surface area contributed by atoms with Gasteiger partial charge in [0.25, 0.3) is 11.1 Å². The molecule has 3 aromatic rings. The number of fused-ring (bicyclic) bond motifs is 1. The first-order valence-electron chi connectivity index (χ1n) is 12.0. The van der Waals surface area contributed by atoms with Gasteiger partial charge in [-0.3, -0.25) is 23.5 Å². The van der Waals surface area contributed by atoms with Crippen LogP contribution in [0.4, 0.5) is 5.82 Å². The lowest BCUT2D eigenvalue weighted by Crippen LogP contribution is -2.46. The lowest BCUT2D eigenvalue weighted by molar-refractivity contribution is -0.113. The molecule has 35 heavy (non-hydrogen) atoms. The van der Waals surface area contributed by atoms with Crippen molar-refractivity contribution in [3.05, 3.63) is 56.9 Å². The second-order valence-electron chi connectivity index (χ2n) is 9.38. The minimum Gasteiger partial charge on any atom is -0.309 e. The maximum absolute atomic E-state index is 12.8. The van der Waals surface area contributed by atoms with E-state index in [0.29, 0.717) is 41.9 Å². The van der Waals surface area contributed by atoms with Crippen LogP contribution >= 0.6 is 11.8 Å². The normalized spacial score (nSPS) is 20.6. The average molecular weight is 494 g/mol. The maximum atomic E-state index is 12.8. The Balaban J connectivity index is 1.07. The smallest absolute Gasteiger partial charge is 0.270 e. The maximum Gasteiger partial charge on any atom is 0.270 e. The second kappa shape index (κ2) is 9.21. The van der Waals surface area contributed by atoms with Crippen LogP contribution in [0.1, 0.15) is 31.0 Å². The topological polar surface area (TPSA) is 114 Å². The molecule has 2 N–H and O–H groups in total. The van der Waals surface area contributed by atoms with Crippen molar-refractivity contribution in [2.45, 2.75) is 49.3 Å². The Kier molecular flexibility index (Phi) is 5.91. The molecule has 3 aliphatic heterocycles. The molecule has 1 unspecified atom stereocenters. The fourth-order valence-corrected chi connectivity index (χ4v) is 6.08. The first kappa shape index (κ1) is 22.4. The van der Waals surface area contributed by atoms with Crippen molar-refractivity contribution in [3.8, 4) is 0 Å². The van der Waals surface area contributed by atoms with E-state index < -0.39 is 0 Å². The van der Waals surface area contributed by atoms with E-state index in [0.717, 1.165) is 49.5 Å². The van der Waals surface area contributed by atoms with E-state index in [1.165, 1.54) is 18.0 Å². The first-order chi connectivity index (χ1) is 17.0. The molecule has 1 atom stereocenters. The van der Waals surface area contributed by atoms with Gasteiger partial charge in [-0.1, -0.05) is 0 Å². The quantitative estimate of drug-likeness (QED) is 0.545. The average Bonchev–Trinajstić information content (AvgIpc) is 2.87. The second-order valence-corrected chi connectivity index (χ2v) is 10.4. The van der Waals surface area contributed by atoms with Crippen molar-refractivity contribution in [3.63, 3.8) is 0 Å². The SMILES string of the molecule is O=C1CSc2ccc(CNC3CCN(CC4CCn5c(=O)cnc6ccc(=O)n4c65)CC3)nc2N1. The van der Waals surface area contributed by atoms with Crippen molar-refractivity contribution in [1.82, 2.24) is 29.3 Å². The third-order valence-corrected chi connectivity index (χ3v) is 8.17. The van der Waals surface area contributed by atoms with Crippen LogP contribution in [0.5, 0.6) is 0 Å². The predicted octanol–water partition coefficient (Wildman–Crippen LogP) is 1.20. The highest BCUT2D eigenvalue weighted by Crippen LogP contribution is 2.30. The molecule has 182 valence electrons. The summed E-state index contributed by atoms with van der Waals surface area (Å²) in [6, 6.07) is 7.73. The highest BCUT2D eigenvalue weighted by molar-refractivity contribution is 8.00. The van der Waals surface area contributed by atoms with Crippen LogP contribution in [0.3, 0.4) is 0 Å².